The third-order valence-corrected chi connectivity index (χ3v) is 2.54. The second-order valence-corrected chi connectivity index (χ2v) is 4.30. The molecular formula is C15H19N3. The highest BCUT2D eigenvalue weighted by Gasteiger charge is 2.00. The smallest absolute Gasteiger partial charge is 0.132 e. The molecule has 3 N–H and O–H groups in total. The van der Waals surface area contributed by atoms with Gasteiger partial charge in [0.05, 0.1) is 0 Å². The van der Waals surface area contributed by atoms with Gasteiger partial charge in [0.2, 0.25) is 0 Å². The first-order valence-electron chi connectivity index (χ1n) is 5.79. The van der Waals surface area contributed by atoms with Crippen LogP contribution in [0.1, 0.15) is 25.0 Å². The number of hydrogen-bond acceptors (Lipinski definition) is 1. The normalized spacial score (nSPS) is 11.6. The van der Waals surface area contributed by atoms with Crippen LogP contribution in [-0.2, 0) is 0 Å². The predicted molar refractivity (Wildman–Crippen MR) is 79.0 cm³/mol. The lowest BCUT2D eigenvalue weighted by atomic mass is 10.1. The van der Waals surface area contributed by atoms with Crippen molar-refractivity contribution in [2.24, 2.45) is 10.7 Å². The van der Waals surface area contributed by atoms with Crippen LogP contribution in [0, 0.1) is 12.3 Å². The van der Waals surface area contributed by atoms with Gasteiger partial charge in [-0.25, -0.2) is 4.99 Å². The molecule has 0 saturated carbocycles. The number of nitrogens with zero attached hydrogens (tertiary/aromatic N) is 1. The lowest BCUT2D eigenvalue weighted by molar-refractivity contribution is 1.34. The average Bonchev–Trinajstić information content (AvgIpc) is 2.31. The highest BCUT2D eigenvalue weighted by molar-refractivity contribution is 6.04. The molecule has 0 fully saturated rings. The van der Waals surface area contributed by atoms with Crippen LogP contribution in [0.25, 0.3) is 6.08 Å². The Labute approximate surface area is 108 Å². The highest BCUT2D eigenvalue weighted by atomic mass is 14.9. The van der Waals surface area contributed by atoms with Gasteiger partial charge in [-0.2, -0.15) is 0 Å². The number of rotatable bonds is 4. The van der Waals surface area contributed by atoms with Crippen LogP contribution in [0.15, 0.2) is 46.5 Å². The number of hydrogen-bond donors (Lipinski definition) is 2. The Morgan fingerprint density at radius 3 is 2.33 bits per heavy atom. The molecule has 0 saturated heterocycles. The fraction of sp³-hybridized carbons (Fsp3) is 0.200. The zero-order valence-corrected chi connectivity index (χ0v) is 11.1. The maximum Gasteiger partial charge on any atom is 0.132 e. The maximum absolute atomic E-state index is 6.95. The molecule has 3 nitrogen and oxygen atoms in total. The van der Waals surface area contributed by atoms with E-state index >= 15 is 0 Å². The zero-order chi connectivity index (χ0) is 13.5. The molecular weight excluding hydrogens is 222 g/mol. The number of nitrogens with two attached hydrogens (primary N) is 1. The van der Waals surface area contributed by atoms with Gasteiger partial charge < -0.3 is 5.73 Å². The molecule has 1 aromatic carbocycles. The van der Waals surface area contributed by atoms with Crippen LogP contribution >= 0.6 is 0 Å². The summed E-state index contributed by atoms with van der Waals surface area (Å²) < 4.78 is 0. The summed E-state index contributed by atoms with van der Waals surface area (Å²) in [5.41, 5.74) is 10.1. The minimum atomic E-state index is 0.369. The standard InChI is InChI=1S/C15H19N3/c1-11(2)14(15(17)18-10-16)9-8-13-6-4-12(3)5-7-13/h4-10H,1-3H3,(H3,16,17,18)/b9-8+. The Morgan fingerprint density at radius 2 is 1.83 bits per heavy atom. The lowest BCUT2D eigenvalue weighted by Crippen LogP contribution is -2.14. The second kappa shape index (κ2) is 6.55. The van der Waals surface area contributed by atoms with Gasteiger partial charge in [0.1, 0.15) is 12.2 Å². The summed E-state index contributed by atoms with van der Waals surface area (Å²) in [5, 5.41) is 6.95. The van der Waals surface area contributed by atoms with Crippen LogP contribution in [0.5, 0.6) is 0 Å². The van der Waals surface area contributed by atoms with E-state index in [1.165, 1.54) is 5.56 Å². The molecule has 0 aliphatic heterocycles. The van der Waals surface area contributed by atoms with Gasteiger partial charge in [-0.3, -0.25) is 5.41 Å². The van der Waals surface area contributed by atoms with Gasteiger partial charge in [0.15, 0.2) is 0 Å². The summed E-state index contributed by atoms with van der Waals surface area (Å²) in [5.74, 6) is 0.369. The maximum atomic E-state index is 6.95. The third kappa shape index (κ3) is 4.01. The van der Waals surface area contributed by atoms with Crippen LogP contribution in [-0.4, -0.2) is 12.2 Å². The van der Waals surface area contributed by atoms with Gasteiger partial charge >= 0.3 is 0 Å². The van der Waals surface area contributed by atoms with Crippen LogP contribution in [0.3, 0.4) is 0 Å². The molecule has 0 unspecified atom stereocenters. The highest BCUT2D eigenvalue weighted by Crippen LogP contribution is 2.10. The summed E-state index contributed by atoms with van der Waals surface area (Å²) in [6, 6.07) is 8.24. The molecule has 3 heteroatoms. The Morgan fingerprint density at radius 1 is 1.22 bits per heavy atom. The van der Waals surface area contributed by atoms with E-state index in [0.29, 0.717) is 5.84 Å². The molecule has 0 aliphatic carbocycles. The van der Waals surface area contributed by atoms with Crippen molar-refractivity contribution in [3.8, 4) is 0 Å². The van der Waals surface area contributed by atoms with Crippen molar-refractivity contribution in [2.75, 3.05) is 0 Å². The second-order valence-electron chi connectivity index (χ2n) is 4.30. The topological polar surface area (TPSA) is 62.2 Å². The number of aliphatic imine (C=N–C) groups is 1. The molecule has 1 rings (SSSR count). The van der Waals surface area contributed by atoms with Crippen molar-refractivity contribution < 1.29 is 0 Å². The Kier molecular flexibility index (Phi) is 5.06. The fourth-order valence-corrected chi connectivity index (χ4v) is 1.50. The quantitative estimate of drug-likeness (QED) is 0.474. The molecule has 94 valence electrons. The van der Waals surface area contributed by atoms with Gasteiger partial charge in [-0.15, -0.1) is 0 Å². The monoisotopic (exact) mass is 241 g/mol. The molecule has 0 radical (unpaired) electrons. The summed E-state index contributed by atoms with van der Waals surface area (Å²) in [7, 11) is 0. The first-order valence-corrected chi connectivity index (χ1v) is 5.79. The van der Waals surface area contributed by atoms with Gasteiger partial charge in [-0.05, 0) is 26.3 Å². The summed E-state index contributed by atoms with van der Waals surface area (Å²) in [6.07, 6.45) is 4.88. The minimum Gasteiger partial charge on any atom is -0.383 e. The third-order valence-electron chi connectivity index (χ3n) is 2.54. The number of aryl methyl sites for hydroxylation is 1. The van der Waals surface area contributed by atoms with Crippen molar-refractivity contribution in [3.05, 3.63) is 52.6 Å². The summed E-state index contributed by atoms with van der Waals surface area (Å²) in [6.45, 7) is 6.01. The molecule has 0 amide bonds. The molecule has 0 aromatic heterocycles. The predicted octanol–water partition coefficient (Wildman–Crippen LogP) is 3.31. The largest absolute Gasteiger partial charge is 0.383 e. The molecule has 0 atom stereocenters. The van der Waals surface area contributed by atoms with Gasteiger partial charge in [0.25, 0.3) is 0 Å². The van der Waals surface area contributed by atoms with Crippen molar-refractivity contribution in [1.82, 2.24) is 0 Å². The van der Waals surface area contributed by atoms with Crippen LogP contribution in [0.4, 0.5) is 0 Å². The number of amidine groups is 1. The summed E-state index contributed by atoms with van der Waals surface area (Å²) in [4.78, 5) is 3.80. The lowest BCUT2D eigenvalue weighted by Gasteiger charge is -2.03. The average molecular weight is 241 g/mol. The Balaban J connectivity index is 2.99. The van der Waals surface area contributed by atoms with E-state index in [-0.39, 0.29) is 0 Å². The molecule has 1 aromatic rings. The minimum absolute atomic E-state index is 0.369. The first-order chi connectivity index (χ1) is 8.54. The van der Waals surface area contributed by atoms with E-state index < -0.39 is 0 Å². The Bertz CT molecular complexity index is 501. The molecule has 18 heavy (non-hydrogen) atoms. The van der Waals surface area contributed by atoms with E-state index in [1.807, 2.05) is 26.0 Å². The molecule has 0 spiro atoms. The number of benzene rings is 1. The van der Waals surface area contributed by atoms with E-state index in [2.05, 4.69) is 36.2 Å². The van der Waals surface area contributed by atoms with E-state index in [1.54, 1.807) is 0 Å². The van der Waals surface area contributed by atoms with Crippen molar-refractivity contribution in [1.29, 1.82) is 5.41 Å². The zero-order valence-electron chi connectivity index (χ0n) is 11.1. The first kappa shape index (κ1) is 13.9. The van der Waals surface area contributed by atoms with Crippen LogP contribution in [0.2, 0.25) is 0 Å². The van der Waals surface area contributed by atoms with Crippen LogP contribution < -0.4 is 5.73 Å². The van der Waals surface area contributed by atoms with E-state index in [0.717, 1.165) is 23.0 Å². The number of allylic oxidation sites excluding steroid dienone is 1. The SMILES string of the molecule is CC(C)=C(/C=C/c1ccc(C)cc1)C(N)=NC=N. The Hall–Kier alpha value is -2.16. The van der Waals surface area contributed by atoms with Gasteiger partial charge in [0, 0.05) is 5.57 Å². The van der Waals surface area contributed by atoms with E-state index in [9.17, 15) is 0 Å². The van der Waals surface area contributed by atoms with Crippen molar-refractivity contribution in [3.63, 3.8) is 0 Å². The van der Waals surface area contributed by atoms with E-state index in [4.69, 9.17) is 11.1 Å². The number of nitrogens with one attached hydrogen (secondary N) is 1. The molecule has 0 aliphatic rings. The van der Waals surface area contributed by atoms with Gasteiger partial charge in [-0.1, -0.05) is 47.6 Å². The summed E-state index contributed by atoms with van der Waals surface area (Å²) >= 11 is 0. The molecule has 0 bridgehead atoms. The van der Waals surface area contributed by atoms with Crippen molar-refractivity contribution in [2.45, 2.75) is 20.8 Å². The fourth-order valence-electron chi connectivity index (χ4n) is 1.50. The molecule has 0 heterocycles. The van der Waals surface area contributed by atoms with Crippen molar-refractivity contribution >= 4 is 18.3 Å².